The van der Waals surface area contributed by atoms with Gasteiger partial charge in [-0.25, -0.2) is 9.97 Å². The van der Waals surface area contributed by atoms with Gasteiger partial charge < -0.3 is 0 Å². The molecule has 1 aromatic carbocycles. The van der Waals surface area contributed by atoms with Gasteiger partial charge in [-0.3, -0.25) is 0 Å². The van der Waals surface area contributed by atoms with Crippen molar-refractivity contribution >= 4 is 0 Å². The van der Waals surface area contributed by atoms with E-state index in [0.717, 1.165) is 11.1 Å². The molecule has 0 spiro atoms. The van der Waals surface area contributed by atoms with Gasteiger partial charge in [-0.1, -0.05) is 29.8 Å². The fourth-order valence-electron chi connectivity index (χ4n) is 1.24. The van der Waals surface area contributed by atoms with Crippen LogP contribution in [0.2, 0.25) is 0 Å². The molecule has 2 heteroatoms. The second-order valence-electron chi connectivity index (χ2n) is 2.94. The summed E-state index contributed by atoms with van der Waals surface area (Å²) in [5, 5.41) is 0. The first-order chi connectivity index (χ1) is 6.36. The van der Waals surface area contributed by atoms with Crippen LogP contribution in [0.25, 0.3) is 11.1 Å². The molecule has 2 nitrogen and oxygen atoms in total. The maximum Gasteiger partial charge on any atom is 0.197 e. The van der Waals surface area contributed by atoms with Crippen LogP contribution in [0.4, 0.5) is 0 Å². The molecule has 0 fully saturated rings. The van der Waals surface area contributed by atoms with Crippen LogP contribution in [-0.2, 0) is 0 Å². The molecule has 0 atom stereocenters. The molecule has 13 heavy (non-hydrogen) atoms. The van der Waals surface area contributed by atoms with Crippen molar-refractivity contribution in [2.45, 2.75) is 6.92 Å². The first-order valence-corrected chi connectivity index (χ1v) is 4.11. The van der Waals surface area contributed by atoms with Crippen LogP contribution in [-0.4, -0.2) is 9.97 Å². The van der Waals surface area contributed by atoms with Crippen molar-refractivity contribution < 1.29 is 0 Å². The van der Waals surface area contributed by atoms with Crippen molar-refractivity contribution in [3.8, 4) is 11.1 Å². The molecule has 0 aliphatic carbocycles. The van der Waals surface area contributed by atoms with Gasteiger partial charge in [0.25, 0.3) is 0 Å². The number of hydrogen-bond acceptors (Lipinski definition) is 2. The highest BCUT2D eigenvalue weighted by Gasteiger charge is 1.96. The molecule has 0 amide bonds. The molecule has 2 rings (SSSR count). The first kappa shape index (κ1) is 7.92. The Kier molecular flexibility index (Phi) is 2.04. The summed E-state index contributed by atoms with van der Waals surface area (Å²) < 4.78 is 0. The van der Waals surface area contributed by atoms with Crippen LogP contribution in [0.1, 0.15) is 5.56 Å². The van der Waals surface area contributed by atoms with Gasteiger partial charge in [-0.2, -0.15) is 0 Å². The summed E-state index contributed by atoms with van der Waals surface area (Å²) >= 11 is 0. The average Bonchev–Trinajstić information content (AvgIpc) is 2.19. The van der Waals surface area contributed by atoms with Gasteiger partial charge in [0.2, 0.25) is 0 Å². The van der Waals surface area contributed by atoms with Gasteiger partial charge in [0.15, 0.2) is 6.33 Å². The predicted octanol–water partition coefficient (Wildman–Crippen LogP) is 2.25. The van der Waals surface area contributed by atoms with Crippen LogP contribution in [0.3, 0.4) is 0 Å². The lowest BCUT2D eigenvalue weighted by atomic mass is 10.1. The number of rotatable bonds is 1. The van der Waals surface area contributed by atoms with E-state index in [-0.39, 0.29) is 0 Å². The van der Waals surface area contributed by atoms with Crippen molar-refractivity contribution in [1.29, 1.82) is 0 Å². The Bertz CT molecular complexity index is 396. The van der Waals surface area contributed by atoms with Crippen LogP contribution in [0.5, 0.6) is 0 Å². The highest BCUT2D eigenvalue weighted by atomic mass is 14.8. The van der Waals surface area contributed by atoms with Crippen LogP contribution in [0.15, 0.2) is 36.7 Å². The number of hydrogen-bond donors (Lipinski definition) is 0. The standard InChI is InChI=1S/C11H9N2/c1-9-3-2-4-10(5-9)11-6-12-8-13-7-11/h2-7H,1H3. The third kappa shape index (κ3) is 1.72. The van der Waals surface area contributed by atoms with Crippen LogP contribution >= 0.6 is 0 Å². The van der Waals surface area contributed by atoms with Gasteiger partial charge in [0.1, 0.15) is 0 Å². The van der Waals surface area contributed by atoms with Crippen molar-refractivity contribution in [2.24, 2.45) is 0 Å². The largest absolute Gasteiger partial charge is 0.233 e. The second kappa shape index (κ2) is 3.35. The van der Waals surface area contributed by atoms with Crippen molar-refractivity contribution in [1.82, 2.24) is 9.97 Å². The number of aryl methyl sites for hydroxylation is 1. The topological polar surface area (TPSA) is 25.8 Å². The summed E-state index contributed by atoms with van der Waals surface area (Å²) in [6, 6.07) is 8.26. The Morgan fingerprint density at radius 3 is 2.54 bits per heavy atom. The van der Waals surface area contributed by atoms with Gasteiger partial charge in [0.05, 0.1) is 0 Å². The molecule has 0 N–H and O–H groups in total. The number of benzene rings is 1. The summed E-state index contributed by atoms with van der Waals surface area (Å²) in [5.74, 6) is 0. The summed E-state index contributed by atoms with van der Waals surface area (Å²) in [6.07, 6.45) is 6.05. The number of aromatic nitrogens is 2. The van der Waals surface area contributed by atoms with E-state index < -0.39 is 0 Å². The zero-order valence-electron chi connectivity index (χ0n) is 7.36. The molecule has 0 aliphatic rings. The molecule has 0 aliphatic heterocycles. The quantitative estimate of drug-likeness (QED) is 0.654. The molecule has 1 aromatic heterocycles. The summed E-state index contributed by atoms with van der Waals surface area (Å²) in [6.45, 7) is 2.07. The molecule has 1 heterocycles. The molecular weight excluding hydrogens is 160 g/mol. The van der Waals surface area contributed by atoms with E-state index in [9.17, 15) is 0 Å². The maximum absolute atomic E-state index is 3.85. The smallest absolute Gasteiger partial charge is 0.197 e. The SMILES string of the molecule is Cc1cccc(-c2cn[c]nc2)c1. The Balaban J connectivity index is 2.48. The van der Waals surface area contributed by atoms with E-state index in [0.29, 0.717) is 0 Å². The van der Waals surface area contributed by atoms with E-state index >= 15 is 0 Å². The lowest BCUT2D eigenvalue weighted by Crippen LogP contribution is -1.82. The summed E-state index contributed by atoms with van der Waals surface area (Å²) in [5.41, 5.74) is 3.42. The van der Waals surface area contributed by atoms with E-state index in [1.165, 1.54) is 5.56 Å². The van der Waals surface area contributed by atoms with E-state index in [2.05, 4.69) is 35.4 Å². The van der Waals surface area contributed by atoms with E-state index in [1.54, 1.807) is 12.4 Å². The lowest BCUT2D eigenvalue weighted by Gasteiger charge is -2.00. The third-order valence-corrected chi connectivity index (χ3v) is 1.87. The highest BCUT2D eigenvalue weighted by molar-refractivity contribution is 5.61. The summed E-state index contributed by atoms with van der Waals surface area (Å²) in [4.78, 5) is 7.71. The third-order valence-electron chi connectivity index (χ3n) is 1.87. The zero-order valence-corrected chi connectivity index (χ0v) is 7.36. The Labute approximate surface area is 77.3 Å². The number of nitrogens with zero attached hydrogens (tertiary/aromatic N) is 2. The highest BCUT2D eigenvalue weighted by Crippen LogP contribution is 2.17. The lowest BCUT2D eigenvalue weighted by molar-refractivity contribution is 1.15. The zero-order chi connectivity index (χ0) is 9.10. The van der Waals surface area contributed by atoms with Gasteiger partial charge in [0, 0.05) is 18.0 Å². The molecule has 0 saturated carbocycles. The first-order valence-electron chi connectivity index (χ1n) is 4.11. The van der Waals surface area contributed by atoms with E-state index in [1.807, 2.05) is 12.1 Å². The fraction of sp³-hybridized carbons (Fsp3) is 0.0909. The Morgan fingerprint density at radius 1 is 1.08 bits per heavy atom. The Hall–Kier alpha value is -1.70. The summed E-state index contributed by atoms with van der Waals surface area (Å²) in [7, 11) is 0. The normalized spacial score (nSPS) is 9.92. The molecule has 0 bridgehead atoms. The Morgan fingerprint density at radius 2 is 1.85 bits per heavy atom. The maximum atomic E-state index is 3.85. The van der Waals surface area contributed by atoms with Crippen LogP contribution in [0, 0.1) is 13.3 Å². The predicted molar refractivity (Wildman–Crippen MR) is 51.0 cm³/mol. The molecule has 2 aromatic rings. The molecule has 0 unspecified atom stereocenters. The molecule has 0 saturated heterocycles. The second-order valence-corrected chi connectivity index (χ2v) is 2.94. The van der Waals surface area contributed by atoms with E-state index in [4.69, 9.17) is 0 Å². The minimum atomic E-state index is 1.03. The van der Waals surface area contributed by atoms with Gasteiger partial charge in [-0.05, 0) is 12.5 Å². The van der Waals surface area contributed by atoms with Crippen molar-refractivity contribution in [2.75, 3.05) is 0 Å². The van der Waals surface area contributed by atoms with Gasteiger partial charge in [-0.15, -0.1) is 0 Å². The monoisotopic (exact) mass is 169 g/mol. The minimum absolute atomic E-state index is 1.03. The average molecular weight is 169 g/mol. The fourth-order valence-corrected chi connectivity index (χ4v) is 1.24. The van der Waals surface area contributed by atoms with Crippen molar-refractivity contribution in [3.63, 3.8) is 0 Å². The van der Waals surface area contributed by atoms with Crippen LogP contribution < -0.4 is 0 Å². The molecule has 63 valence electrons. The minimum Gasteiger partial charge on any atom is -0.233 e. The van der Waals surface area contributed by atoms with Crippen molar-refractivity contribution in [3.05, 3.63) is 48.5 Å². The van der Waals surface area contributed by atoms with Gasteiger partial charge >= 0.3 is 0 Å². The molecular formula is C11H9N2. The molecule has 1 radical (unpaired) electrons.